The quantitative estimate of drug-likeness (QED) is 0.524. The average molecular weight is 429 g/mol. The lowest BCUT2D eigenvalue weighted by Crippen LogP contribution is -2.46. The van der Waals surface area contributed by atoms with Gasteiger partial charge in [0, 0.05) is 54.8 Å². The summed E-state index contributed by atoms with van der Waals surface area (Å²) in [5, 5.41) is 3.27. The van der Waals surface area contributed by atoms with E-state index in [1.54, 1.807) is 6.07 Å². The van der Waals surface area contributed by atoms with Gasteiger partial charge in [0.15, 0.2) is 0 Å². The smallest absolute Gasteiger partial charge is 0.254 e. The number of aromatic nitrogens is 2. The summed E-state index contributed by atoms with van der Waals surface area (Å²) >= 11 is 0. The van der Waals surface area contributed by atoms with Crippen LogP contribution in [0.5, 0.6) is 0 Å². The number of rotatable bonds is 3. The molecule has 0 bridgehead atoms. The number of hydrogen-bond acceptors (Lipinski definition) is 3. The second-order valence-corrected chi connectivity index (χ2v) is 8.26. The van der Waals surface area contributed by atoms with Crippen molar-refractivity contribution in [2.24, 2.45) is 0 Å². The summed E-state index contributed by atoms with van der Waals surface area (Å²) in [6.07, 6.45) is 1.89. The van der Waals surface area contributed by atoms with Crippen LogP contribution in [0.15, 0.2) is 60.8 Å². The summed E-state index contributed by atoms with van der Waals surface area (Å²) in [5.41, 5.74) is 6.17. The Morgan fingerprint density at radius 2 is 1.72 bits per heavy atom. The van der Waals surface area contributed by atoms with E-state index < -0.39 is 0 Å². The van der Waals surface area contributed by atoms with Crippen LogP contribution in [0, 0.1) is 19.7 Å². The highest BCUT2D eigenvalue weighted by atomic mass is 19.1. The molecular formula is C26H25FN4O. The van der Waals surface area contributed by atoms with Crippen LogP contribution in [0.1, 0.15) is 21.6 Å². The number of nitrogens with zero attached hydrogens (tertiary/aromatic N) is 3. The molecule has 1 fully saturated rings. The summed E-state index contributed by atoms with van der Waals surface area (Å²) in [7, 11) is 0. The van der Waals surface area contributed by atoms with Crippen LogP contribution in [0.25, 0.3) is 28.0 Å². The molecule has 5 nitrogen and oxygen atoms in total. The van der Waals surface area contributed by atoms with E-state index >= 15 is 0 Å². The van der Waals surface area contributed by atoms with Gasteiger partial charge < -0.3 is 14.6 Å². The largest absolute Gasteiger partial charge is 0.336 e. The van der Waals surface area contributed by atoms with Crippen molar-refractivity contribution in [2.75, 3.05) is 26.2 Å². The van der Waals surface area contributed by atoms with Crippen LogP contribution >= 0.6 is 0 Å². The van der Waals surface area contributed by atoms with Crippen molar-refractivity contribution in [3.8, 4) is 22.4 Å². The Hall–Kier alpha value is -3.51. The fourth-order valence-corrected chi connectivity index (χ4v) is 4.37. The number of benzene rings is 2. The van der Waals surface area contributed by atoms with Gasteiger partial charge in [-0.2, -0.15) is 0 Å². The Balaban J connectivity index is 1.58. The summed E-state index contributed by atoms with van der Waals surface area (Å²) in [4.78, 5) is 19.7. The number of amides is 1. The molecule has 6 heteroatoms. The molecule has 0 unspecified atom stereocenters. The molecular weight excluding hydrogens is 403 g/mol. The van der Waals surface area contributed by atoms with Gasteiger partial charge in [0.2, 0.25) is 0 Å². The van der Waals surface area contributed by atoms with Gasteiger partial charge in [-0.15, -0.1) is 0 Å². The molecule has 3 heterocycles. The third kappa shape index (κ3) is 3.56. The lowest BCUT2D eigenvalue weighted by Gasteiger charge is -2.27. The van der Waals surface area contributed by atoms with Gasteiger partial charge in [-0.05, 0) is 43.2 Å². The number of nitrogens with one attached hydrogen (secondary N) is 1. The summed E-state index contributed by atoms with van der Waals surface area (Å²) < 4.78 is 16.8. The van der Waals surface area contributed by atoms with Crippen LogP contribution in [0.3, 0.4) is 0 Å². The fourth-order valence-electron chi connectivity index (χ4n) is 4.37. The summed E-state index contributed by atoms with van der Waals surface area (Å²) in [6.45, 7) is 6.91. The van der Waals surface area contributed by atoms with Crippen molar-refractivity contribution in [1.82, 2.24) is 19.6 Å². The zero-order chi connectivity index (χ0) is 22.2. The lowest BCUT2D eigenvalue weighted by molar-refractivity contribution is 0.0736. The molecule has 0 atom stereocenters. The number of carbonyl (C=O) groups is 1. The number of imidazole rings is 1. The Labute approximate surface area is 186 Å². The number of pyridine rings is 1. The van der Waals surface area contributed by atoms with Crippen molar-refractivity contribution < 1.29 is 9.18 Å². The maximum Gasteiger partial charge on any atom is 0.254 e. The predicted octanol–water partition coefficient (Wildman–Crippen LogP) is 4.47. The topological polar surface area (TPSA) is 49.6 Å². The summed E-state index contributed by atoms with van der Waals surface area (Å²) in [5.74, 6) is -0.221. The van der Waals surface area contributed by atoms with E-state index in [0.717, 1.165) is 41.2 Å². The molecule has 0 spiro atoms. The van der Waals surface area contributed by atoms with Crippen LogP contribution in [-0.4, -0.2) is 46.4 Å². The Bertz CT molecular complexity index is 1320. The minimum Gasteiger partial charge on any atom is -0.336 e. The van der Waals surface area contributed by atoms with Gasteiger partial charge in [0.1, 0.15) is 11.5 Å². The molecule has 1 saturated heterocycles. The van der Waals surface area contributed by atoms with E-state index in [4.69, 9.17) is 4.98 Å². The monoisotopic (exact) mass is 428 g/mol. The average Bonchev–Trinajstić information content (AvgIpc) is 3.15. The lowest BCUT2D eigenvalue weighted by atomic mass is 9.96. The highest BCUT2D eigenvalue weighted by Crippen LogP contribution is 2.35. The maximum absolute atomic E-state index is 14.8. The molecule has 2 aromatic carbocycles. The number of hydrogen-bond donors (Lipinski definition) is 1. The van der Waals surface area contributed by atoms with Gasteiger partial charge in [-0.3, -0.25) is 4.79 Å². The van der Waals surface area contributed by atoms with Crippen molar-refractivity contribution >= 4 is 11.6 Å². The molecule has 0 saturated carbocycles. The molecule has 1 N–H and O–H groups in total. The van der Waals surface area contributed by atoms with Gasteiger partial charge in [0.25, 0.3) is 5.91 Å². The third-order valence-electron chi connectivity index (χ3n) is 6.11. The molecule has 1 aliphatic heterocycles. The highest BCUT2D eigenvalue weighted by Gasteiger charge is 2.20. The first-order valence-corrected chi connectivity index (χ1v) is 10.9. The first-order valence-electron chi connectivity index (χ1n) is 10.9. The first kappa shape index (κ1) is 20.4. The second kappa shape index (κ2) is 8.20. The van der Waals surface area contributed by atoms with Gasteiger partial charge in [-0.1, -0.05) is 36.4 Å². The van der Waals surface area contributed by atoms with Crippen molar-refractivity contribution in [3.05, 3.63) is 83.4 Å². The number of piperazine rings is 1. The van der Waals surface area contributed by atoms with E-state index in [1.807, 2.05) is 77.9 Å². The fraction of sp³-hybridized carbons (Fsp3) is 0.231. The number of fused-ring (bicyclic) bond motifs is 1. The first-order chi connectivity index (χ1) is 15.5. The molecule has 4 aromatic rings. The molecule has 1 aliphatic rings. The highest BCUT2D eigenvalue weighted by molar-refractivity contribution is 5.95. The number of aryl methyl sites for hydroxylation is 2. The van der Waals surface area contributed by atoms with E-state index in [1.165, 1.54) is 0 Å². The van der Waals surface area contributed by atoms with Crippen molar-refractivity contribution in [2.45, 2.75) is 13.8 Å². The van der Waals surface area contributed by atoms with Crippen LogP contribution in [0.2, 0.25) is 0 Å². The standard InChI is InChI=1S/C26H25FN4O/c1-17-7-8-21(23(27)15-17)20-5-3-4-6-22(20)25-18(2)31-12-9-19(16-24(31)29-25)26(32)30-13-10-28-11-14-30/h3-9,12,15-16,28H,10-11,13-14H2,1-2H3. The summed E-state index contributed by atoms with van der Waals surface area (Å²) in [6, 6.07) is 16.7. The Morgan fingerprint density at radius 3 is 2.47 bits per heavy atom. The molecule has 32 heavy (non-hydrogen) atoms. The van der Waals surface area contributed by atoms with E-state index in [0.29, 0.717) is 29.9 Å². The van der Waals surface area contributed by atoms with Gasteiger partial charge in [0.05, 0.1) is 5.69 Å². The second-order valence-electron chi connectivity index (χ2n) is 8.26. The predicted molar refractivity (Wildman–Crippen MR) is 124 cm³/mol. The number of halogens is 1. The molecule has 162 valence electrons. The van der Waals surface area contributed by atoms with E-state index in [9.17, 15) is 9.18 Å². The Kier molecular flexibility index (Phi) is 5.23. The molecule has 0 aliphatic carbocycles. The minimum absolute atomic E-state index is 0.0262. The Morgan fingerprint density at radius 1 is 0.969 bits per heavy atom. The SMILES string of the molecule is Cc1ccc(-c2ccccc2-c2nc3cc(C(=O)N4CCNCC4)ccn3c2C)c(F)c1. The van der Waals surface area contributed by atoms with E-state index in [-0.39, 0.29) is 11.7 Å². The molecule has 2 aromatic heterocycles. The minimum atomic E-state index is -0.247. The number of carbonyl (C=O) groups excluding carboxylic acids is 1. The molecule has 5 rings (SSSR count). The normalized spacial score (nSPS) is 14.2. The van der Waals surface area contributed by atoms with Crippen LogP contribution in [-0.2, 0) is 0 Å². The molecule has 0 radical (unpaired) electrons. The zero-order valence-corrected chi connectivity index (χ0v) is 18.2. The van der Waals surface area contributed by atoms with Crippen LogP contribution in [0.4, 0.5) is 4.39 Å². The van der Waals surface area contributed by atoms with Gasteiger partial charge in [-0.25, -0.2) is 9.37 Å². The van der Waals surface area contributed by atoms with Crippen molar-refractivity contribution in [3.63, 3.8) is 0 Å². The maximum atomic E-state index is 14.8. The zero-order valence-electron chi connectivity index (χ0n) is 18.2. The van der Waals surface area contributed by atoms with Crippen molar-refractivity contribution in [1.29, 1.82) is 0 Å². The van der Waals surface area contributed by atoms with Crippen LogP contribution < -0.4 is 5.32 Å². The van der Waals surface area contributed by atoms with E-state index in [2.05, 4.69) is 5.32 Å². The van der Waals surface area contributed by atoms with Gasteiger partial charge >= 0.3 is 0 Å². The third-order valence-corrected chi connectivity index (χ3v) is 6.11. The molecule has 1 amide bonds.